The van der Waals surface area contributed by atoms with Crippen molar-refractivity contribution in [2.75, 3.05) is 11.9 Å². The van der Waals surface area contributed by atoms with E-state index in [2.05, 4.69) is 31.3 Å². The van der Waals surface area contributed by atoms with Gasteiger partial charge in [0.2, 0.25) is 5.91 Å². The molecule has 1 fully saturated rings. The molecule has 2 rings (SSSR count). The van der Waals surface area contributed by atoms with Crippen molar-refractivity contribution in [1.29, 1.82) is 0 Å². The Balaban J connectivity index is 2.23. The van der Waals surface area contributed by atoms with Gasteiger partial charge in [-0.3, -0.25) is 4.79 Å². The third kappa shape index (κ3) is 4.05. The Morgan fingerprint density at radius 2 is 2.29 bits per heavy atom. The fourth-order valence-electron chi connectivity index (χ4n) is 2.26. The molecule has 0 bridgehead atoms. The van der Waals surface area contributed by atoms with Crippen molar-refractivity contribution in [3.8, 4) is 5.75 Å². The first kappa shape index (κ1) is 16.5. The van der Waals surface area contributed by atoms with E-state index in [0.29, 0.717) is 5.02 Å². The largest absolute Gasteiger partial charge is 0.431 e. The standard InChI is InChI=1S/C13H14BrClF2N2O2/c1-6-2-3-18-10(6)12(20)19-9-5-7(15)4-8(14)11(9)21-13(16)17/h4-6,10,13,18H,2-3H2,1H3,(H,19,20). The van der Waals surface area contributed by atoms with Crippen LogP contribution in [0.1, 0.15) is 13.3 Å². The SMILES string of the molecule is CC1CCNC1C(=O)Nc1cc(Cl)cc(Br)c1OC(F)F. The zero-order chi connectivity index (χ0) is 15.6. The van der Waals surface area contributed by atoms with Crippen molar-refractivity contribution in [2.45, 2.75) is 26.0 Å². The van der Waals surface area contributed by atoms with Crippen LogP contribution in [0.15, 0.2) is 16.6 Å². The summed E-state index contributed by atoms with van der Waals surface area (Å²) in [7, 11) is 0. The zero-order valence-corrected chi connectivity index (χ0v) is 13.5. The lowest BCUT2D eigenvalue weighted by Crippen LogP contribution is -2.39. The third-order valence-electron chi connectivity index (χ3n) is 3.29. The summed E-state index contributed by atoms with van der Waals surface area (Å²) in [5, 5.41) is 5.96. The van der Waals surface area contributed by atoms with Crippen LogP contribution in [0.25, 0.3) is 0 Å². The molecule has 0 saturated carbocycles. The molecule has 0 spiro atoms. The second kappa shape index (κ2) is 6.89. The number of hydrogen-bond donors (Lipinski definition) is 2. The Kier molecular flexibility index (Phi) is 5.40. The molecule has 4 nitrogen and oxygen atoms in total. The molecule has 1 aliphatic heterocycles. The highest BCUT2D eigenvalue weighted by Crippen LogP contribution is 2.37. The van der Waals surface area contributed by atoms with E-state index in [1.165, 1.54) is 12.1 Å². The van der Waals surface area contributed by atoms with Gasteiger partial charge in [0.25, 0.3) is 0 Å². The number of ether oxygens (including phenoxy) is 1. The van der Waals surface area contributed by atoms with Crippen LogP contribution in [0, 0.1) is 5.92 Å². The van der Waals surface area contributed by atoms with Crippen LogP contribution < -0.4 is 15.4 Å². The fraction of sp³-hybridized carbons (Fsp3) is 0.462. The molecule has 8 heteroatoms. The Hall–Kier alpha value is -0.920. The minimum absolute atomic E-state index is 0.112. The number of benzene rings is 1. The van der Waals surface area contributed by atoms with Gasteiger partial charge < -0.3 is 15.4 Å². The predicted molar refractivity (Wildman–Crippen MR) is 80.0 cm³/mol. The van der Waals surface area contributed by atoms with Gasteiger partial charge in [0, 0.05) is 5.02 Å². The predicted octanol–water partition coefficient (Wildman–Crippen LogP) is 3.64. The summed E-state index contributed by atoms with van der Waals surface area (Å²) >= 11 is 8.99. The van der Waals surface area contributed by atoms with Crippen molar-refractivity contribution in [3.63, 3.8) is 0 Å². The van der Waals surface area contributed by atoms with Crippen LogP contribution in [-0.2, 0) is 4.79 Å². The van der Waals surface area contributed by atoms with E-state index in [4.69, 9.17) is 11.6 Å². The van der Waals surface area contributed by atoms with E-state index in [1.807, 2.05) is 6.92 Å². The number of carbonyl (C=O) groups is 1. The molecular weight excluding hydrogens is 370 g/mol. The van der Waals surface area contributed by atoms with Gasteiger partial charge in [-0.05, 0) is 46.9 Å². The van der Waals surface area contributed by atoms with E-state index in [9.17, 15) is 13.6 Å². The lowest BCUT2D eigenvalue weighted by Gasteiger charge is -2.18. The highest BCUT2D eigenvalue weighted by atomic mass is 79.9. The van der Waals surface area contributed by atoms with Crippen LogP contribution in [0.5, 0.6) is 5.75 Å². The molecule has 1 amide bonds. The summed E-state index contributed by atoms with van der Waals surface area (Å²) in [6, 6.07) is 2.44. The van der Waals surface area contributed by atoms with E-state index in [-0.39, 0.29) is 33.8 Å². The van der Waals surface area contributed by atoms with E-state index in [0.717, 1.165) is 13.0 Å². The molecular formula is C13H14BrClF2N2O2. The normalized spacial score (nSPS) is 21.6. The van der Waals surface area contributed by atoms with Gasteiger partial charge in [-0.2, -0.15) is 8.78 Å². The molecule has 2 N–H and O–H groups in total. The van der Waals surface area contributed by atoms with Gasteiger partial charge in [-0.25, -0.2) is 0 Å². The number of anilines is 1. The van der Waals surface area contributed by atoms with Crippen LogP contribution in [0.4, 0.5) is 14.5 Å². The highest BCUT2D eigenvalue weighted by molar-refractivity contribution is 9.10. The molecule has 1 saturated heterocycles. The van der Waals surface area contributed by atoms with E-state index in [1.54, 1.807) is 0 Å². The van der Waals surface area contributed by atoms with Crippen LogP contribution in [-0.4, -0.2) is 25.1 Å². The molecule has 0 radical (unpaired) electrons. The van der Waals surface area contributed by atoms with Gasteiger partial charge in [0.15, 0.2) is 5.75 Å². The quantitative estimate of drug-likeness (QED) is 0.834. The van der Waals surface area contributed by atoms with Gasteiger partial charge in [0.05, 0.1) is 16.2 Å². The van der Waals surface area contributed by atoms with E-state index >= 15 is 0 Å². The Morgan fingerprint density at radius 1 is 1.57 bits per heavy atom. The number of carbonyl (C=O) groups excluding carboxylic acids is 1. The molecule has 1 aliphatic rings. The maximum Gasteiger partial charge on any atom is 0.387 e. The summed E-state index contributed by atoms with van der Waals surface area (Å²) in [5.74, 6) is -0.270. The van der Waals surface area contributed by atoms with Crippen molar-refractivity contribution < 1.29 is 18.3 Å². The number of alkyl halides is 2. The maximum absolute atomic E-state index is 12.5. The van der Waals surface area contributed by atoms with Gasteiger partial charge >= 0.3 is 6.61 Å². The second-order valence-corrected chi connectivity index (χ2v) is 6.12. The summed E-state index contributed by atoms with van der Waals surface area (Å²) in [4.78, 5) is 12.2. The molecule has 2 unspecified atom stereocenters. The fourth-order valence-corrected chi connectivity index (χ4v) is 3.16. The topological polar surface area (TPSA) is 50.4 Å². The highest BCUT2D eigenvalue weighted by Gasteiger charge is 2.30. The minimum atomic E-state index is -3.00. The van der Waals surface area contributed by atoms with E-state index < -0.39 is 6.61 Å². The molecule has 1 aromatic rings. The molecule has 2 atom stereocenters. The Morgan fingerprint density at radius 3 is 2.86 bits per heavy atom. The second-order valence-electron chi connectivity index (χ2n) is 4.83. The average Bonchev–Trinajstić information content (AvgIpc) is 2.79. The molecule has 0 aromatic heterocycles. The molecule has 1 heterocycles. The van der Waals surface area contributed by atoms with Gasteiger partial charge in [0.1, 0.15) is 0 Å². The zero-order valence-electron chi connectivity index (χ0n) is 11.1. The number of halogens is 4. The summed E-state index contributed by atoms with van der Waals surface area (Å²) < 4.78 is 29.7. The van der Waals surface area contributed by atoms with Crippen LogP contribution in [0.2, 0.25) is 5.02 Å². The lowest BCUT2D eigenvalue weighted by molar-refractivity contribution is -0.118. The van der Waals surface area contributed by atoms with Gasteiger partial charge in [-0.15, -0.1) is 0 Å². The van der Waals surface area contributed by atoms with Gasteiger partial charge in [-0.1, -0.05) is 18.5 Å². The number of amides is 1. The maximum atomic E-state index is 12.5. The third-order valence-corrected chi connectivity index (χ3v) is 4.10. The van der Waals surface area contributed by atoms with Crippen molar-refractivity contribution in [2.24, 2.45) is 5.92 Å². The lowest BCUT2D eigenvalue weighted by atomic mass is 10.0. The summed E-state index contributed by atoms with van der Waals surface area (Å²) in [6.07, 6.45) is 0.887. The minimum Gasteiger partial charge on any atom is -0.431 e. The summed E-state index contributed by atoms with van der Waals surface area (Å²) in [6.45, 7) is -0.296. The first-order chi connectivity index (χ1) is 9.88. The van der Waals surface area contributed by atoms with Crippen molar-refractivity contribution >= 4 is 39.1 Å². The van der Waals surface area contributed by atoms with Crippen molar-refractivity contribution in [3.05, 3.63) is 21.6 Å². The number of nitrogens with one attached hydrogen (secondary N) is 2. The molecule has 116 valence electrons. The number of hydrogen-bond acceptors (Lipinski definition) is 3. The first-order valence-electron chi connectivity index (χ1n) is 6.36. The Labute approximate surface area is 134 Å². The first-order valence-corrected chi connectivity index (χ1v) is 7.53. The monoisotopic (exact) mass is 382 g/mol. The van der Waals surface area contributed by atoms with Crippen molar-refractivity contribution in [1.82, 2.24) is 5.32 Å². The van der Waals surface area contributed by atoms with Crippen LogP contribution in [0.3, 0.4) is 0 Å². The van der Waals surface area contributed by atoms with Crippen LogP contribution >= 0.6 is 27.5 Å². The number of rotatable bonds is 4. The molecule has 21 heavy (non-hydrogen) atoms. The smallest absolute Gasteiger partial charge is 0.387 e. The Bertz CT molecular complexity index is 545. The molecule has 0 aliphatic carbocycles. The summed E-state index contributed by atoms with van der Waals surface area (Å²) in [5.41, 5.74) is 0.112. The molecule has 1 aromatic carbocycles. The average molecular weight is 384 g/mol.